The van der Waals surface area contributed by atoms with Crippen molar-refractivity contribution in [2.75, 3.05) is 51.8 Å². The van der Waals surface area contributed by atoms with E-state index in [0.717, 1.165) is 44.2 Å². The Balaban J connectivity index is 1.34. The summed E-state index contributed by atoms with van der Waals surface area (Å²) in [5, 5.41) is 6.37. The second kappa shape index (κ2) is 13.1. The van der Waals surface area contributed by atoms with Gasteiger partial charge in [-0.2, -0.15) is 0 Å². The van der Waals surface area contributed by atoms with Crippen LogP contribution in [0.1, 0.15) is 41.6 Å². The fourth-order valence-corrected chi connectivity index (χ4v) is 4.11. The summed E-state index contributed by atoms with van der Waals surface area (Å²) in [6, 6.07) is 12.6. The predicted octanol–water partition coefficient (Wildman–Crippen LogP) is 3.60. The molecule has 1 saturated heterocycles. The minimum Gasteiger partial charge on any atom is -0.385 e. The van der Waals surface area contributed by atoms with E-state index in [1.165, 1.54) is 31.2 Å². The molecule has 2 heterocycles. The van der Waals surface area contributed by atoms with Gasteiger partial charge in [0.2, 0.25) is 0 Å². The summed E-state index contributed by atoms with van der Waals surface area (Å²) in [5.74, 6) is 0.744. The maximum Gasteiger partial charge on any atom is 0.254 e. The molecule has 1 aliphatic heterocycles. The van der Waals surface area contributed by atoms with Crippen molar-refractivity contribution in [2.45, 2.75) is 32.1 Å². The van der Waals surface area contributed by atoms with Crippen molar-refractivity contribution in [3.05, 3.63) is 59.9 Å². The first-order valence-electron chi connectivity index (χ1n) is 11.5. The van der Waals surface area contributed by atoms with E-state index >= 15 is 0 Å². The minimum absolute atomic E-state index is 0.0694. The van der Waals surface area contributed by atoms with Gasteiger partial charge in [0, 0.05) is 45.7 Å². The van der Waals surface area contributed by atoms with Crippen LogP contribution in [0.4, 0.5) is 5.69 Å². The number of nitrogens with one attached hydrogen (secondary N) is 2. The van der Waals surface area contributed by atoms with E-state index in [9.17, 15) is 4.79 Å². The number of likely N-dealkylation sites (tertiary alicyclic amines) is 1. The van der Waals surface area contributed by atoms with Gasteiger partial charge in [0.25, 0.3) is 5.91 Å². The zero-order valence-corrected chi connectivity index (χ0v) is 18.7. The Morgan fingerprint density at radius 1 is 1.16 bits per heavy atom. The van der Waals surface area contributed by atoms with Gasteiger partial charge in [-0.15, -0.1) is 0 Å². The zero-order chi connectivity index (χ0) is 21.7. The van der Waals surface area contributed by atoms with Crippen molar-refractivity contribution in [1.29, 1.82) is 0 Å². The van der Waals surface area contributed by atoms with Gasteiger partial charge < -0.3 is 20.3 Å². The number of carbonyl (C=O) groups excluding carboxylic acids is 1. The highest BCUT2D eigenvalue weighted by molar-refractivity contribution is 5.99. The Bertz CT molecular complexity index is 776. The molecule has 1 fully saturated rings. The number of pyridine rings is 1. The van der Waals surface area contributed by atoms with E-state index in [0.29, 0.717) is 18.7 Å². The van der Waals surface area contributed by atoms with Gasteiger partial charge in [-0.25, -0.2) is 0 Å². The number of nitrogens with zero attached hydrogens (tertiary/aromatic N) is 2. The summed E-state index contributed by atoms with van der Waals surface area (Å²) in [6.45, 7) is 5.25. The van der Waals surface area contributed by atoms with Gasteiger partial charge >= 0.3 is 0 Å². The molecule has 168 valence electrons. The lowest BCUT2D eigenvalue weighted by molar-refractivity contribution is 0.0944. The van der Waals surface area contributed by atoms with Crippen LogP contribution in [0.5, 0.6) is 0 Å². The quantitative estimate of drug-likeness (QED) is 0.510. The molecular weight excluding hydrogens is 388 g/mol. The van der Waals surface area contributed by atoms with Gasteiger partial charge in [0.05, 0.1) is 11.3 Å². The number of ether oxygens (including phenoxy) is 1. The third-order valence-corrected chi connectivity index (χ3v) is 6.01. The van der Waals surface area contributed by atoms with Gasteiger partial charge in [-0.1, -0.05) is 30.3 Å². The number of piperidine rings is 1. The monoisotopic (exact) mass is 424 g/mol. The Labute approximate surface area is 186 Å². The first-order valence-corrected chi connectivity index (χ1v) is 11.5. The summed E-state index contributed by atoms with van der Waals surface area (Å²) in [6.07, 6.45) is 9.17. The molecule has 1 aromatic heterocycles. The molecule has 0 bridgehead atoms. The van der Waals surface area contributed by atoms with E-state index < -0.39 is 0 Å². The highest BCUT2D eigenvalue weighted by Crippen LogP contribution is 2.22. The molecule has 0 unspecified atom stereocenters. The van der Waals surface area contributed by atoms with E-state index in [2.05, 4.69) is 50.8 Å². The smallest absolute Gasteiger partial charge is 0.254 e. The Morgan fingerprint density at radius 3 is 2.74 bits per heavy atom. The molecule has 0 saturated carbocycles. The molecule has 1 aromatic carbocycles. The van der Waals surface area contributed by atoms with Crippen molar-refractivity contribution in [3.63, 3.8) is 0 Å². The summed E-state index contributed by atoms with van der Waals surface area (Å²) >= 11 is 0. The Kier molecular flexibility index (Phi) is 9.80. The number of benzene rings is 1. The molecule has 0 spiro atoms. The van der Waals surface area contributed by atoms with Crippen LogP contribution in [0.3, 0.4) is 0 Å². The molecule has 6 nitrogen and oxygen atoms in total. The molecule has 0 radical (unpaired) electrons. The fourth-order valence-electron chi connectivity index (χ4n) is 4.11. The number of anilines is 1. The number of rotatable bonds is 12. The fraction of sp³-hybridized carbons (Fsp3) is 0.520. The summed E-state index contributed by atoms with van der Waals surface area (Å²) < 4.78 is 5.07. The molecule has 1 amide bonds. The SMILES string of the molecule is COCCCNc1ccncc1C(=O)NCCN1CCC(CCc2ccccc2)CC1. The van der Waals surface area contributed by atoms with E-state index in [4.69, 9.17) is 4.74 Å². The van der Waals surface area contributed by atoms with Crippen molar-refractivity contribution in [1.82, 2.24) is 15.2 Å². The molecule has 31 heavy (non-hydrogen) atoms. The third-order valence-electron chi connectivity index (χ3n) is 6.01. The Morgan fingerprint density at radius 2 is 1.97 bits per heavy atom. The lowest BCUT2D eigenvalue weighted by Gasteiger charge is -2.32. The number of amides is 1. The second-order valence-corrected chi connectivity index (χ2v) is 8.26. The highest BCUT2D eigenvalue weighted by atomic mass is 16.5. The molecule has 3 rings (SSSR count). The van der Waals surface area contributed by atoms with Gasteiger partial charge in [-0.3, -0.25) is 9.78 Å². The van der Waals surface area contributed by atoms with Gasteiger partial charge in [-0.05, 0) is 62.7 Å². The lowest BCUT2D eigenvalue weighted by Crippen LogP contribution is -2.39. The molecular formula is C25H36N4O2. The van der Waals surface area contributed by atoms with Crippen LogP contribution >= 0.6 is 0 Å². The first-order chi connectivity index (χ1) is 15.3. The Hall–Kier alpha value is -2.44. The average molecular weight is 425 g/mol. The van der Waals surface area contributed by atoms with Crippen LogP contribution < -0.4 is 10.6 Å². The number of hydrogen-bond donors (Lipinski definition) is 2. The highest BCUT2D eigenvalue weighted by Gasteiger charge is 2.19. The molecule has 2 N–H and O–H groups in total. The number of hydrogen-bond acceptors (Lipinski definition) is 5. The number of aromatic nitrogens is 1. The van der Waals surface area contributed by atoms with Crippen molar-refractivity contribution in [2.24, 2.45) is 5.92 Å². The van der Waals surface area contributed by atoms with Gasteiger partial charge in [0.15, 0.2) is 0 Å². The number of carbonyl (C=O) groups is 1. The maximum absolute atomic E-state index is 12.6. The van der Waals surface area contributed by atoms with E-state index in [1.807, 2.05) is 6.07 Å². The third kappa shape index (κ3) is 7.96. The summed E-state index contributed by atoms with van der Waals surface area (Å²) in [4.78, 5) is 19.2. The number of aryl methyl sites for hydroxylation is 1. The van der Waals surface area contributed by atoms with Crippen LogP contribution in [0, 0.1) is 5.92 Å². The van der Waals surface area contributed by atoms with E-state index in [1.54, 1.807) is 19.5 Å². The van der Waals surface area contributed by atoms with Crippen LogP contribution in [-0.2, 0) is 11.2 Å². The standard InChI is InChI=1S/C25H36N4O2/c1-31-19-5-13-27-24-10-14-26-20-23(24)25(30)28-15-18-29-16-11-22(12-17-29)9-8-21-6-3-2-4-7-21/h2-4,6-7,10,14,20,22H,5,8-9,11-13,15-19H2,1H3,(H,26,27)(H,28,30). The van der Waals surface area contributed by atoms with Crippen LogP contribution in [-0.4, -0.2) is 62.2 Å². The minimum atomic E-state index is -0.0694. The molecule has 6 heteroatoms. The van der Waals surface area contributed by atoms with Crippen LogP contribution in [0.25, 0.3) is 0 Å². The molecule has 1 aliphatic rings. The van der Waals surface area contributed by atoms with Crippen molar-refractivity contribution < 1.29 is 9.53 Å². The summed E-state index contributed by atoms with van der Waals surface area (Å²) in [7, 11) is 1.69. The predicted molar refractivity (Wildman–Crippen MR) is 125 cm³/mol. The molecule has 0 atom stereocenters. The normalized spacial score (nSPS) is 15.0. The number of methoxy groups -OCH3 is 1. The second-order valence-electron chi connectivity index (χ2n) is 8.26. The maximum atomic E-state index is 12.6. The average Bonchev–Trinajstić information content (AvgIpc) is 2.82. The molecule has 0 aliphatic carbocycles. The first kappa shape index (κ1) is 23.2. The molecule has 2 aromatic rings. The van der Waals surface area contributed by atoms with Gasteiger partial charge in [0.1, 0.15) is 0 Å². The van der Waals surface area contributed by atoms with Crippen LogP contribution in [0.2, 0.25) is 0 Å². The zero-order valence-electron chi connectivity index (χ0n) is 18.7. The van der Waals surface area contributed by atoms with Crippen molar-refractivity contribution >= 4 is 11.6 Å². The summed E-state index contributed by atoms with van der Waals surface area (Å²) in [5.41, 5.74) is 2.86. The van der Waals surface area contributed by atoms with Crippen molar-refractivity contribution in [3.8, 4) is 0 Å². The van der Waals surface area contributed by atoms with Crippen LogP contribution in [0.15, 0.2) is 48.8 Å². The topological polar surface area (TPSA) is 66.5 Å². The lowest BCUT2D eigenvalue weighted by atomic mass is 9.90. The largest absolute Gasteiger partial charge is 0.385 e. The van der Waals surface area contributed by atoms with E-state index in [-0.39, 0.29) is 5.91 Å².